The number of rotatable bonds is 2. The highest BCUT2D eigenvalue weighted by Gasteiger charge is 2.31. The summed E-state index contributed by atoms with van der Waals surface area (Å²) in [5.41, 5.74) is 5.28. The topological polar surface area (TPSA) is 70.9 Å². The lowest BCUT2D eigenvalue weighted by molar-refractivity contribution is -0.137. The number of anilines is 2. The maximum Gasteiger partial charge on any atom is 0.416 e. The van der Waals surface area contributed by atoms with Gasteiger partial charge in [0.15, 0.2) is 5.82 Å². The summed E-state index contributed by atoms with van der Waals surface area (Å²) in [6, 6.07) is 6.51. The zero-order valence-corrected chi connectivity index (χ0v) is 11.3. The summed E-state index contributed by atoms with van der Waals surface area (Å²) in [5, 5.41) is 13.2. The first-order valence-corrected chi connectivity index (χ1v) is 5.89. The number of halogens is 3. The minimum Gasteiger partial charge on any atom is -0.382 e. The highest BCUT2D eigenvalue weighted by atomic mass is 19.4. The van der Waals surface area contributed by atoms with Crippen LogP contribution in [0.15, 0.2) is 24.3 Å². The van der Waals surface area contributed by atoms with Crippen molar-refractivity contribution in [2.75, 3.05) is 24.7 Å². The van der Waals surface area contributed by atoms with Crippen molar-refractivity contribution in [1.82, 2.24) is 9.78 Å². The molecule has 0 atom stereocenters. The van der Waals surface area contributed by atoms with Crippen LogP contribution >= 0.6 is 0 Å². The molecule has 0 aliphatic rings. The Hall–Kier alpha value is -2.69. The van der Waals surface area contributed by atoms with Crippen LogP contribution in [-0.2, 0) is 6.18 Å². The van der Waals surface area contributed by atoms with Crippen molar-refractivity contribution in [3.05, 3.63) is 35.4 Å². The van der Waals surface area contributed by atoms with Gasteiger partial charge in [-0.15, -0.1) is 5.10 Å². The summed E-state index contributed by atoms with van der Waals surface area (Å²) in [6.45, 7) is 0. The van der Waals surface area contributed by atoms with Gasteiger partial charge in [-0.05, 0) is 18.2 Å². The zero-order valence-electron chi connectivity index (χ0n) is 11.3. The average molecular weight is 295 g/mol. The number of benzene rings is 1. The zero-order chi connectivity index (χ0) is 15.8. The molecule has 1 aromatic heterocycles. The van der Waals surface area contributed by atoms with Crippen LogP contribution in [0, 0.1) is 11.3 Å². The number of hydrogen-bond donors (Lipinski definition) is 1. The van der Waals surface area contributed by atoms with Gasteiger partial charge in [0.1, 0.15) is 17.5 Å². The number of alkyl halides is 3. The predicted octanol–water partition coefficient (Wildman–Crippen LogP) is 2.41. The molecule has 2 aromatic rings. The Balaban J connectivity index is 2.61. The molecule has 5 nitrogen and oxygen atoms in total. The summed E-state index contributed by atoms with van der Waals surface area (Å²) in [5.74, 6) is 0.299. The second-order valence-corrected chi connectivity index (χ2v) is 4.55. The van der Waals surface area contributed by atoms with Gasteiger partial charge in [0, 0.05) is 14.1 Å². The summed E-state index contributed by atoms with van der Waals surface area (Å²) in [4.78, 5) is 1.57. The summed E-state index contributed by atoms with van der Waals surface area (Å²) in [7, 11) is 3.33. The molecule has 0 saturated heterocycles. The van der Waals surface area contributed by atoms with Crippen molar-refractivity contribution >= 4 is 11.6 Å². The van der Waals surface area contributed by atoms with Crippen LogP contribution in [0.1, 0.15) is 11.1 Å². The standard InChI is InChI=1S/C13H12F3N5/c1-20(2)12-10(7-17)11(18)21(19-12)9-5-3-4-8(6-9)13(14,15)16/h3-6H,18H2,1-2H3. The first kappa shape index (κ1) is 14.7. The van der Waals surface area contributed by atoms with Gasteiger partial charge >= 0.3 is 6.18 Å². The molecule has 0 spiro atoms. The minimum atomic E-state index is -4.46. The number of nitriles is 1. The van der Waals surface area contributed by atoms with Crippen LogP contribution in [0.2, 0.25) is 0 Å². The number of hydrogen-bond acceptors (Lipinski definition) is 4. The average Bonchev–Trinajstić information content (AvgIpc) is 2.75. The monoisotopic (exact) mass is 295 g/mol. The Morgan fingerprint density at radius 1 is 1.33 bits per heavy atom. The summed E-state index contributed by atoms with van der Waals surface area (Å²) < 4.78 is 39.4. The molecule has 2 rings (SSSR count). The molecule has 1 heterocycles. The lowest BCUT2D eigenvalue weighted by Gasteiger charge is -2.10. The summed E-state index contributed by atoms with van der Waals surface area (Å²) >= 11 is 0. The summed E-state index contributed by atoms with van der Waals surface area (Å²) in [6.07, 6.45) is -4.46. The fraction of sp³-hybridized carbons (Fsp3) is 0.231. The third-order valence-corrected chi connectivity index (χ3v) is 2.86. The van der Waals surface area contributed by atoms with E-state index in [0.29, 0.717) is 5.82 Å². The molecule has 8 heteroatoms. The molecular weight excluding hydrogens is 283 g/mol. The number of nitrogens with zero attached hydrogens (tertiary/aromatic N) is 4. The van der Waals surface area contributed by atoms with Gasteiger partial charge < -0.3 is 10.6 Å². The maximum absolute atomic E-state index is 12.7. The highest BCUT2D eigenvalue weighted by molar-refractivity contribution is 5.66. The predicted molar refractivity (Wildman–Crippen MR) is 72.0 cm³/mol. The Labute approximate surface area is 119 Å². The molecular formula is C13H12F3N5. The third-order valence-electron chi connectivity index (χ3n) is 2.86. The van der Waals surface area contributed by atoms with E-state index in [1.165, 1.54) is 12.1 Å². The molecule has 0 radical (unpaired) electrons. The normalized spacial score (nSPS) is 11.2. The van der Waals surface area contributed by atoms with E-state index in [1.54, 1.807) is 19.0 Å². The SMILES string of the molecule is CN(C)c1nn(-c2cccc(C(F)(F)F)c2)c(N)c1C#N. The molecule has 0 amide bonds. The van der Waals surface area contributed by atoms with Crippen LogP contribution in [0.25, 0.3) is 5.69 Å². The van der Waals surface area contributed by atoms with Crippen LogP contribution in [0.5, 0.6) is 0 Å². The van der Waals surface area contributed by atoms with Gasteiger partial charge in [-0.3, -0.25) is 0 Å². The molecule has 0 saturated carbocycles. The third kappa shape index (κ3) is 2.63. The van der Waals surface area contributed by atoms with Crippen LogP contribution in [0.3, 0.4) is 0 Å². The Morgan fingerprint density at radius 3 is 2.48 bits per heavy atom. The first-order chi connectivity index (χ1) is 9.75. The fourth-order valence-electron chi connectivity index (χ4n) is 1.85. The molecule has 0 unspecified atom stereocenters. The van der Waals surface area contributed by atoms with Crippen molar-refractivity contribution in [3.63, 3.8) is 0 Å². The second-order valence-electron chi connectivity index (χ2n) is 4.55. The molecule has 0 fully saturated rings. The molecule has 110 valence electrons. The van der Waals surface area contributed by atoms with E-state index in [-0.39, 0.29) is 17.1 Å². The molecule has 21 heavy (non-hydrogen) atoms. The van der Waals surface area contributed by atoms with E-state index in [0.717, 1.165) is 16.8 Å². The molecule has 1 aromatic carbocycles. The quantitative estimate of drug-likeness (QED) is 0.923. The van der Waals surface area contributed by atoms with Crippen LogP contribution in [-0.4, -0.2) is 23.9 Å². The van der Waals surface area contributed by atoms with E-state index < -0.39 is 11.7 Å². The van der Waals surface area contributed by atoms with Crippen molar-refractivity contribution < 1.29 is 13.2 Å². The first-order valence-electron chi connectivity index (χ1n) is 5.89. The van der Waals surface area contributed by atoms with E-state index in [2.05, 4.69) is 5.10 Å². The largest absolute Gasteiger partial charge is 0.416 e. The Bertz CT molecular complexity index is 710. The smallest absolute Gasteiger partial charge is 0.382 e. The lowest BCUT2D eigenvalue weighted by Crippen LogP contribution is -2.11. The van der Waals surface area contributed by atoms with Gasteiger partial charge in [0.25, 0.3) is 0 Å². The minimum absolute atomic E-state index is 0.000486. The van der Waals surface area contributed by atoms with Crippen LogP contribution < -0.4 is 10.6 Å². The van der Waals surface area contributed by atoms with E-state index in [4.69, 9.17) is 11.0 Å². The van der Waals surface area contributed by atoms with Crippen LogP contribution in [0.4, 0.5) is 24.8 Å². The van der Waals surface area contributed by atoms with Crippen molar-refractivity contribution in [1.29, 1.82) is 5.26 Å². The Kier molecular flexibility index (Phi) is 3.51. The van der Waals surface area contributed by atoms with Crippen molar-refractivity contribution in [2.45, 2.75) is 6.18 Å². The Morgan fingerprint density at radius 2 is 2.00 bits per heavy atom. The van der Waals surface area contributed by atoms with E-state index in [9.17, 15) is 13.2 Å². The van der Waals surface area contributed by atoms with Gasteiger partial charge in [-0.1, -0.05) is 6.07 Å². The molecule has 2 N–H and O–H groups in total. The molecule has 0 aliphatic carbocycles. The van der Waals surface area contributed by atoms with Gasteiger partial charge in [0.2, 0.25) is 0 Å². The fourth-order valence-corrected chi connectivity index (χ4v) is 1.85. The van der Waals surface area contributed by atoms with E-state index >= 15 is 0 Å². The second kappa shape index (κ2) is 5.01. The number of aromatic nitrogens is 2. The van der Waals surface area contributed by atoms with Crippen molar-refractivity contribution in [2.24, 2.45) is 0 Å². The maximum atomic E-state index is 12.7. The van der Waals surface area contributed by atoms with Crippen molar-refractivity contribution in [3.8, 4) is 11.8 Å². The molecule has 0 bridgehead atoms. The van der Waals surface area contributed by atoms with Gasteiger partial charge in [0.05, 0.1) is 11.3 Å². The molecule has 0 aliphatic heterocycles. The number of nitrogens with two attached hydrogens (primary N) is 1. The number of nitrogen functional groups attached to an aromatic ring is 1. The highest BCUT2D eigenvalue weighted by Crippen LogP contribution is 2.32. The lowest BCUT2D eigenvalue weighted by atomic mass is 10.2. The van der Waals surface area contributed by atoms with E-state index in [1.807, 2.05) is 6.07 Å². The van der Waals surface area contributed by atoms with Gasteiger partial charge in [-0.2, -0.15) is 18.4 Å². The van der Waals surface area contributed by atoms with Gasteiger partial charge in [-0.25, -0.2) is 4.68 Å².